The van der Waals surface area contributed by atoms with Crippen LogP contribution in [0.3, 0.4) is 0 Å². The molecule has 2 aromatic carbocycles. The van der Waals surface area contributed by atoms with Gasteiger partial charge in [0, 0.05) is 11.1 Å². The van der Waals surface area contributed by atoms with Gasteiger partial charge in [-0.1, -0.05) is 32.8 Å². The van der Waals surface area contributed by atoms with Gasteiger partial charge in [0.05, 0.1) is 33.0 Å². The third-order valence-corrected chi connectivity index (χ3v) is 6.80. The summed E-state index contributed by atoms with van der Waals surface area (Å²) in [5.41, 5.74) is 3.71. The molecule has 0 saturated heterocycles. The predicted molar refractivity (Wildman–Crippen MR) is 147 cm³/mol. The van der Waals surface area contributed by atoms with Gasteiger partial charge in [0.25, 0.3) is 0 Å². The van der Waals surface area contributed by atoms with Crippen LogP contribution in [0.4, 0.5) is 0 Å². The molecule has 1 aliphatic rings. The number of carbonyl (C=O) groups is 2. The molecule has 0 radical (unpaired) electrons. The maximum Gasteiger partial charge on any atom is 0.347 e. The lowest BCUT2D eigenvalue weighted by Gasteiger charge is -2.27. The van der Waals surface area contributed by atoms with E-state index < -0.39 is 6.10 Å². The zero-order chi connectivity index (χ0) is 27.5. The zero-order valence-corrected chi connectivity index (χ0v) is 23.5. The Labute approximate surface area is 226 Å². The minimum Gasteiger partial charge on any atom is -0.496 e. The molecular formula is C31H42O7. The first-order valence-electron chi connectivity index (χ1n) is 13.8. The summed E-state index contributed by atoms with van der Waals surface area (Å²) in [5, 5.41) is 0. The first kappa shape index (κ1) is 29.3. The normalized spacial score (nSPS) is 14.3. The summed E-state index contributed by atoms with van der Waals surface area (Å²) in [5.74, 6) is 2.68. The fourth-order valence-electron chi connectivity index (χ4n) is 4.90. The molecule has 1 heterocycles. The van der Waals surface area contributed by atoms with Crippen LogP contribution in [-0.2, 0) is 28.8 Å². The van der Waals surface area contributed by atoms with Crippen molar-refractivity contribution in [1.29, 1.82) is 0 Å². The Balaban J connectivity index is 1.53. The van der Waals surface area contributed by atoms with Crippen LogP contribution in [0.25, 0.3) is 0 Å². The highest BCUT2D eigenvalue weighted by molar-refractivity contribution is 5.97. The van der Waals surface area contributed by atoms with Gasteiger partial charge >= 0.3 is 5.97 Å². The van der Waals surface area contributed by atoms with Crippen molar-refractivity contribution in [2.24, 2.45) is 0 Å². The highest BCUT2D eigenvalue weighted by Crippen LogP contribution is 2.38. The molecule has 7 nitrogen and oxygen atoms in total. The summed E-state index contributed by atoms with van der Waals surface area (Å²) in [7, 11) is 2.99. The Morgan fingerprint density at radius 2 is 1.53 bits per heavy atom. The van der Waals surface area contributed by atoms with Crippen LogP contribution in [0, 0.1) is 0 Å². The fraction of sp³-hybridized carbons (Fsp3) is 0.548. The molecule has 0 aliphatic carbocycles. The molecule has 1 aliphatic heterocycles. The average molecular weight is 527 g/mol. The number of fused-ring (bicyclic) bond motifs is 1. The molecule has 0 bridgehead atoms. The molecule has 2 aromatic rings. The highest BCUT2D eigenvalue weighted by atomic mass is 16.6. The number of carbonyl (C=O) groups excluding carboxylic acids is 2. The van der Waals surface area contributed by atoms with Gasteiger partial charge in [-0.2, -0.15) is 0 Å². The second-order valence-electron chi connectivity index (χ2n) is 9.64. The fourth-order valence-corrected chi connectivity index (χ4v) is 4.90. The van der Waals surface area contributed by atoms with Crippen LogP contribution in [0.2, 0.25) is 0 Å². The van der Waals surface area contributed by atoms with E-state index in [-0.39, 0.29) is 11.8 Å². The van der Waals surface area contributed by atoms with Crippen LogP contribution >= 0.6 is 0 Å². The summed E-state index contributed by atoms with van der Waals surface area (Å²) < 4.78 is 28.8. The molecule has 0 saturated carbocycles. The van der Waals surface area contributed by atoms with Crippen molar-refractivity contribution >= 4 is 11.8 Å². The number of aryl methyl sites for hydroxylation is 1. The number of ketones is 1. The van der Waals surface area contributed by atoms with E-state index in [1.807, 2.05) is 18.2 Å². The second kappa shape index (κ2) is 14.6. The van der Waals surface area contributed by atoms with Crippen molar-refractivity contribution in [2.45, 2.75) is 84.7 Å². The smallest absolute Gasteiger partial charge is 0.347 e. The van der Waals surface area contributed by atoms with Crippen molar-refractivity contribution in [3.8, 4) is 23.0 Å². The summed E-state index contributed by atoms with van der Waals surface area (Å²) in [4.78, 5) is 24.0. The van der Waals surface area contributed by atoms with E-state index >= 15 is 0 Å². The first-order chi connectivity index (χ1) is 18.4. The lowest BCUT2D eigenvalue weighted by atomic mass is 9.96. The molecule has 1 atom stereocenters. The molecule has 1 unspecified atom stereocenters. The third kappa shape index (κ3) is 7.21. The quantitative estimate of drug-likeness (QED) is 0.153. The van der Waals surface area contributed by atoms with Gasteiger partial charge in [-0.05, 0) is 75.6 Å². The first-order valence-corrected chi connectivity index (χ1v) is 13.8. The standard InChI is InChI=1S/C31H42O7/c1-6-11-24-26(16-13-22-14-17-28(31(33)35-5)38-29(22)24)36-19-9-8-10-20-37-27-18-15-23(21(3)32)30(34-4)25(27)12-7-2/h13,15-16,18,28H,6-12,14,17,19-20H2,1-5H3. The number of unbranched alkanes of at least 4 members (excludes halogenated alkanes) is 2. The van der Waals surface area contributed by atoms with E-state index in [9.17, 15) is 9.59 Å². The molecule has 7 heteroatoms. The molecule has 3 rings (SSSR count). The lowest BCUT2D eigenvalue weighted by Crippen LogP contribution is -2.32. The zero-order valence-electron chi connectivity index (χ0n) is 23.5. The van der Waals surface area contributed by atoms with Crippen molar-refractivity contribution in [3.05, 3.63) is 46.5 Å². The van der Waals surface area contributed by atoms with Crippen molar-refractivity contribution in [1.82, 2.24) is 0 Å². The van der Waals surface area contributed by atoms with Crippen molar-refractivity contribution in [2.75, 3.05) is 27.4 Å². The van der Waals surface area contributed by atoms with E-state index in [1.165, 1.54) is 7.11 Å². The van der Waals surface area contributed by atoms with E-state index in [1.54, 1.807) is 20.1 Å². The van der Waals surface area contributed by atoms with Crippen LogP contribution in [-0.4, -0.2) is 45.3 Å². The van der Waals surface area contributed by atoms with Gasteiger partial charge in [0.1, 0.15) is 23.0 Å². The Morgan fingerprint density at radius 3 is 2.13 bits per heavy atom. The van der Waals surface area contributed by atoms with Gasteiger partial charge in [-0.15, -0.1) is 0 Å². The number of methoxy groups -OCH3 is 2. The number of esters is 1. The van der Waals surface area contributed by atoms with Gasteiger partial charge in [0.2, 0.25) is 0 Å². The Morgan fingerprint density at radius 1 is 0.895 bits per heavy atom. The molecule has 0 fully saturated rings. The van der Waals surface area contributed by atoms with E-state index in [4.69, 9.17) is 23.7 Å². The summed E-state index contributed by atoms with van der Waals surface area (Å²) in [6, 6.07) is 7.74. The molecule has 0 aromatic heterocycles. The Kier molecular flexibility index (Phi) is 11.3. The number of benzene rings is 2. The highest BCUT2D eigenvalue weighted by Gasteiger charge is 2.29. The SMILES string of the molecule is CCCc1c(OCCCCCOc2ccc(C(C)=O)c(OC)c2CCC)ccc2c1OC(C(=O)OC)CC2. The average Bonchev–Trinajstić information content (AvgIpc) is 2.93. The number of ether oxygens (including phenoxy) is 5. The molecule has 208 valence electrons. The van der Waals surface area contributed by atoms with Crippen LogP contribution in [0.1, 0.15) is 86.3 Å². The Bertz CT molecular complexity index is 1090. The topological polar surface area (TPSA) is 80.3 Å². The van der Waals surface area contributed by atoms with Gasteiger partial charge in [-0.25, -0.2) is 4.79 Å². The van der Waals surface area contributed by atoms with Crippen molar-refractivity contribution < 1.29 is 33.3 Å². The number of Topliss-reactive ketones (excluding diaryl/α,β-unsaturated/α-hetero) is 1. The van der Waals surface area contributed by atoms with E-state index in [2.05, 4.69) is 13.8 Å². The van der Waals surface area contributed by atoms with Gasteiger partial charge < -0.3 is 23.7 Å². The summed E-state index contributed by atoms with van der Waals surface area (Å²) in [6.45, 7) is 6.96. The number of rotatable bonds is 15. The maximum absolute atomic E-state index is 12.0. The maximum atomic E-state index is 12.0. The van der Waals surface area contributed by atoms with Crippen molar-refractivity contribution in [3.63, 3.8) is 0 Å². The molecule has 0 spiro atoms. The summed E-state index contributed by atoms with van der Waals surface area (Å²) >= 11 is 0. The number of hydrogen-bond acceptors (Lipinski definition) is 7. The third-order valence-electron chi connectivity index (χ3n) is 6.80. The number of hydrogen-bond donors (Lipinski definition) is 0. The second-order valence-corrected chi connectivity index (χ2v) is 9.64. The molecule has 38 heavy (non-hydrogen) atoms. The molecule has 0 N–H and O–H groups in total. The molecular weight excluding hydrogens is 484 g/mol. The molecule has 0 amide bonds. The van der Waals surface area contributed by atoms with Crippen LogP contribution < -0.4 is 18.9 Å². The lowest BCUT2D eigenvalue weighted by molar-refractivity contribution is -0.149. The minimum absolute atomic E-state index is 0.0124. The van der Waals surface area contributed by atoms with Crippen LogP contribution in [0.15, 0.2) is 24.3 Å². The van der Waals surface area contributed by atoms with E-state index in [0.29, 0.717) is 30.9 Å². The Hall–Kier alpha value is -3.22. The minimum atomic E-state index is -0.560. The summed E-state index contributed by atoms with van der Waals surface area (Å²) in [6.07, 6.45) is 7.10. The largest absolute Gasteiger partial charge is 0.496 e. The van der Waals surface area contributed by atoms with E-state index in [0.717, 1.165) is 85.3 Å². The van der Waals surface area contributed by atoms with Gasteiger partial charge in [-0.3, -0.25) is 4.79 Å². The monoisotopic (exact) mass is 526 g/mol. The van der Waals surface area contributed by atoms with Gasteiger partial charge in [0.15, 0.2) is 11.9 Å². The van der Waals surface area contributed by atoms with Crippen LogP contribution in [0.5, 0.6) is 23.0 Å². The predicted octanol–water partition coefficient (Wildman–Crippen LogP) is 6.30.